The highest BCUT2D eigenvalue weighted by Gasteiger charge is 2.18. The predicted molar refractivity (Wildman–Crippen MR) is 97.4 cm³/mol. The molecule has 2 rings (SSSR count). The van der Waals surface area contributed by atoms with Crippen LogP contribution in [0.5, 0.6) is 17.2 Å². The average Bonchev–Trinajstić information content (AvgIpc) is 2.65. The zero-order valence-electron chi connectivity index (χ0n) is 15.0. The van der Waals surface area contributed by atoms with Gasteiger partial charge < -0.3 is 19.9 Å². The summed E-state index contributed by atoms with van der Waals surface area (Å²) in [6.07, 6.45) is 1.75. The van der Waals surface area contributed by atoms with Crippen molar-refractivity contribution in [3.05, 3.63) is 53.1 Å². The molecule has 2 aromatic rings. The van der Waals surface area contributed by atoms with Crippen molar-refractivity contribution in [2.45, 2.75) is 25.7 Å². The van der Waals surface area contributed by atoms with E-state index in [1.165, 1.54) is 5.56 Å². The first-order chi connectivity index (χ1) is 11.7. The zero-order chi connectivity index (χ0) is 17.5. The van der Waals surface area contributed by atoms with Crippen molar-refractivity contribution in [1.82, 2.24) is 0 Å². The molecule has 0 aliphatic rings. The van der Waals surface area contributed by atoms with E-state index in [1.807, 2.05) is 24.3 Å². The molecule has 0 bridgehead atoms. The molecule has 0 aliphatic carbocycles. The van der Waals surface area contributed by atoms with E-state index in [4.69, 9.17) is 19.9 Å². The van der Waals surface area contributed by atoms with E-state index in [-0.39, 0.29) is 5.92 Å². The Balaban J connectivity index is 2.39. The van der Waals surface area contributed by atoms with E-state index < -0.39 is 0 Å². The second kappa shape index (κ2) is 8.60. The van der Waals surface area contributed by atoms with Crippen LogP contribution in [0.15, 0.2) is 36.4 Å². The summed E-state index contributed by atoms with van der Waals surface area (Å²) in [5.74, 6) is 2.69. The first-order valence-electron chi connectivity index (χ1n) is 8.24. The molecule has 0 amide bonds. The summed E-state index contributed by atoms with van der Waals surface area (Å²) in [5.41, 5.74) is 9.60. The van der Waals surface area contributed by atoms with Crippen LogP contribution in [0.1, 0.15) is 29.5 Å². The number of ether oxygens (including phenoxy) is 3. The summed E-state index contributed by atoms with van der Waals surface area (Å²) < 4.78 is 16.4. The van der Waals surface area contributed by atoms with Crippen molar-refractivity contribution in [3.8, 4) is 17.2 Å². The maximum atomic E-state index is 6.10. The van der Waals surface area contributed by atoms with Gasteiger partial charge in [0, 0.05) is 5.92 Å². The molecule has 2 aromatic carbocycles. The van der Waals surface area contributed by atoms with Gasteiger partial charge >= 0.3 is 0 Å². The van der Waals surface area contributed by atoms with E-state index in [0.29, 0.717) is 6.54 Å². The zero-order valence-corrected chi connectivity index (χ0v) is 15.0. The van der Waals surface area contributed by atoms with Crippen molar-refractivity contribution in [2.24, 2.45) is 5.73 Å². The Hall–Kier alpha value is -2.20. The second-order valence-corrected chi connectivity index (χ2v) is 5.74. The van der Waals surface area contributed by atoms with Gasteiger partial charge in [-0.2, -0.15) is 0 Å². The molecule has 4 heteroatoms. The monoisotopic (exact) mass is 329 g/mol. The van der Waals surface area contributed by atoms with Crippen LogP contribution in [-0.4, -0.2) is 27.9 Å². The lowest BCUT2D eigenvalue weighted by Crippen LogP contribution is -2.16. The number of hydrogen-bond donors (Lipinski definition) is 1. The van der Waals surface area contributed by atoms with Crippen molar-refractivity contribution >= 4 is 0 Å². The molecule has 0 aromatic heterocycles. The summed E-state index contributed by atoms with van der Waals surface area (Å²) >= 11 is 0. The van der Waals surface area contributed by atoms with Crippen LogP contribution in [0.25, 0.3) is 0 Å². The highest BCUT2D eigenvalue weighted by molar-refractivity contribution is 5.44. The minimum atomic E-state index is 0.146. The van der Waals surface area contributed by atoms with Gasteiger partial charge in [-0.25, -0.2) is 0 Å². The summed E-state index contributed by atoms with van der Waals surface area (Å²) in [5, 5.41) is 0. The number of hydrogen-bond acceptors (Lipinski definition) is 4. The Morgan fingerprint density at radius 2 is 1.62 bits per heavy atom. The quantitative estimate of drug-likeness (QED) is 0.804. The highest BCUT2D eigenvalue weighted by Crippen LogP contribution is 2.33. The summed E-state index contributed by atoms with van der Waals surface area (Å²) in [7, 11) is 5.05. The van der Waals surface area contributed by atoms with Gasteiger partial charge in [-0.3, -0.25) is 0 Å². The van der Waals surface area contributed by atoms with E-state index in [0.717, 1.165) is 41.2 Å². The fourth-order valence-electron chi connectivity index (χ4n) is 2.95. The van der Waals surface area contributed by atoms with Gasteiger partial charge in [-0.1, -0.05) is 19.1 Å². The minimum Gasteiger partial charge on any atom is -0.497 e. The van der Waals surface area contributed by atoms with Crippen molar-refractivity contribution in [3.63, 3.8) is 0 Å². The second-order valence-electron chi connectivity index (χ2n) is 5.74. The molecule has 1 unspecified atom stereocenters. The van der Waals surface area contributed by atoms with Crippen LogP contribution < -0.4 is 19.9 Å². The minimum absolute atomic E-state index is 0.146. The van der Waals surface area contributed by atoms with Crippen LogP contribution >= 0.6 is 0 Å². The number of methoxy groups -OCH3 is 3. The molecular weight excluding hydrogens is 302 g/mol. The molecular formula is C20H27NO3. The Labute approximate surface area is 144 Å². The van der Waals surface area contributed by atoms with Crippen LogP contribution in [0.3, 0.4) is 0 Å². The fraction of sp³-hybridized carbons (Fsp3) is 0.400. The SMILES string of the molecule is CCc1ccc(OC)c(C(CN)Cc2cc(OC)ccc2OC)c1. The Morgan fingerprint density at radius 3 is 2.21 bits per heavy atom. The van der Waals surface area contributed by atoms with Crippen LogP contribution in [0.4, 0.5) is 0 Å². The fourth-order valence-corrected chi connectivity index (χ4v) is 2.95. The standard InChI is InChI=1S/C20H27NO3/c1-5-14-6-8-20(24-4)18(10-14)16(13-21)11-15-12-17(22-2)7-9-19(15)23-3/h6-10,12,16H,5,11,13,21H2,1-4H3. The maximum Gasteiger partial charge on any atom is 0.122 e. The predicted octanol–water partition coefficient (Wildman–Crippen LogP) is 3.56. The van der Waals surface area contributed by atoms with Gasteiger partial charge in [0.05, 0.1) is 21.3 Å². The van der Waals surface area contributed by atoms with Gasteiger partial charge in [-0.05, 0) is 60.3 Å². The van der Waals surface area contributed by atoms with Crippen LogP contribution in [0, 0.1) is 0 Å². The number of nitrogens with two attached hydrogens (primary N) is 1. The molecule has 0 heterocycles. The smallest absolute Gasteiger partial charge is 0.122 e. The molecule has 0 saturated heterocycles. The van der Waals surface area contributed by atoms with E-state index >= 15 is 0 Å². The lowest BCUT2D eigenvalue weighted by Gasteiger charge is -2.21. The first-order valence-corrected chi connectivity index (χ1v) is 8.24. The molecule has 1 atom stereocenters. The molecule has 4 nitrogen and oxygen atoms in total. The average molecular weight is 329 g/mol. The molecule has 0 saturated carbocycles. The molecule has 24 heavy (non-hydrogen) atoms. The van der Waals surface area contributed by atoms with Crippen LogP contribution in [0.2, 0.25) is 0 Å². The largest absolute Gasteiger partial charge is 0.497 e. The normalized spacial score (nSPS) is 11.9. The van der Waals surface area contributed by atoms with Gasteiger partial charge in [-0.15, -0.1) is 0 Å². The Kier molecular flexibility index (Phi) is 6.50. The van der Waals surface area contributed by atoms with E-state index in [1.54, 1.807) is 21.3 Å². The lowest BCUT2D eigenvalue weighted by atomic mass is 9.89. The van der Waals surface area contributed by atoms with Gasteiger partial charge in [0.15, 0.2) is 0 Å². The summed E-state index contributed by atoms with van der Waals surface area (Å²) in [6.45, 7) is 2.68. The number of aryl methyl sites for hydroxylation is 1. The third-order valence-electron chi connectivity index (χ3n) is 4.38. The van der Waals surface area contributed by atoms with Crippen molar-refractivity contribution in [1.29, 1.82) is 0 Å². The first kappa shape index (κ1) is 18.1. The van der Waals surface area contributed by atoms with Gasteiger partial charge in [0.1, 0.15) is 17.2 Å². The third-order valence-corrected chi connectivity index (χ3v) is 4.38. The summed E-state index contributed by atoms with van der Waals surface area (Å²) in [4.78, 5) is 0. The highest BCUT2D eigenvalue weighted by atomic mass is 16.5. The van der Waals surface area contributed by atoms with E-state index in [2.05, 4.69) is 19.1 Å². The molecule has 0 radical (unpaired) electrons. The third kappa shape index (κ3) is 4.01. The topological polar surface area (TPSA) is 53.7 Å². The molecule has 2 N–H and O–H groups in total. The number of benzene rings is 2. The Morgan fingerprint density at radius 1 is 0.917 bits per heavy atom. The van der Waals surface area contributed by atoms with Gasteiger partial charge in [0.2, 0.25) is 0 Å². The summed E-state index contributed by atoms with van der Waals surface area (Å²) in [6, 6.07) is 12.2. The lowest BCUT2D eigenvalue weighted by molar-refractivity contribution is 0.394. The molecule has 0 aliphatic heterocycles. The molecule has 0 spiro atoms. The van der Waals surface area contributed by atoms with Gasteiger partial charge in [0.25, 0.3) is 0 Å². The van der Waals surface area contributed by atoms with Crippen molar-refractivity contribution in [2.75, 3.05) is 27.9 Å². The van der Waals surface area contributed by atoms with Crippen molar-refractivity contribution < 1.29 is 14.2 Å². The molecule has 130 valence electrons. The molecule has 0 fully saturated rings. The van der Waals surface area contributed by atoms with E-state index in [9.17, 15) is 0 Å². The maximum absolute atomic E-state index is 6.10. The number of rotatable bonds is 8. The van der Waals surface area contributed by atoms with Crippen LogP contribution in [-0.2, 0) is 12.8 Å². The Bertz CT molecular complexity index is 670.